The summed E-state index contributed by atoms with van der Waals surface area (Å²) in [5.74, 6) is -1.86. The molecule has 242 valence electrons. The monoisotopic (exact) mass is 621 g/mol. The zero-order valence-corrected chi connectivity index (χ0v) is 26.2. The standard InChI is InChI=1S/C32H43N7O6/c1-4-31-14-20-13-21(15-31)17-32(16-20,19-31)37-25(41)18-39-11-6-7-23(30(39)45)36-27(42)22(8-9-24(40)28(43)33-5-2)35-29(44)26-34-10-12-38(26)3/h6-7,10-12,20-22H,4-5,8-9,13-19H2,1-3H3,(H,33,43)(H,35,44)(H,36,42)(H,37,41)/t20?,21?,22-,31?,32?/m0/s1. The number of likely N-dealkylation sites (N-methyl/N-ethyl adjacent to an activating group) is 1. The van der Waals surface area contributed by atoms with Crippen molar-refractivity contribution in [3.05, 3.63) is 46.9 Å². The lowest BCUT2D eigenvalue weighted by Gasteiger charge is -2.62. The minimum Gasteiger partial charge on any atom is -0.350 e. The summed E-state index contributed by atoms with van der Waals surface area (Å²) in [6, 6.07) is 1.71. The van der Waals surface area contributed by atoms with Crippen LogP contribution in [0.3, 0.4) is 0 Å². The molecule has 13 heteroatoms. The molecule has 4 aliphatic carbocycles. The normalized spacial score (nSPS) is 25.3. The van der Waals surface area contributed by atoms with E-state index in [0.29, 0.717) is 17.3 Å². The summed E-state index contributed by atoms with van der Waals surface area (Å²) in [6.45, 7) is 4.00. The molecule has 4 amide bonds. The third kappa shape index (κ3) is 7.02. The molecule has 6 rings (SSSR count). The fourth-order valence-electron chi connectivity index (χ4n) is 8.20. The molecule has 4 fully saturated rings. The van der Waals surface area contributed by atoms with Gasteiger partial charge in [-0.15, -0.1) is 0 Å². The van der Waals surface area contributed by atoms with Crippen LogP contribution >= 0.6 is 0 Å². The first-order chi connectivity index (χ1) is 21.4. The highest BCUT2D eigenvalue weighted by molar-refractivity contribution is 6.36. The molecule has 4 bridgehead atoms. The smallest absolute Gasteiger partial charge is 0.287 e. The fraction of sp³-hybridized carbons (Fsp3) is 0.594. The van der Waals surface area contributed by atoms with Crippen LogP contribution in [-0.4, -0.2) is 61.7 Å². The van der Waals surface area contributed by atoms with Gasteiger partial charge in [-0.05, 0) is 81.3 Å². The third-order valence-corrected chi connectivity index (χ3v) is 9.83. The van der Waals surface area contributed by atoms with Gasteiger partial charge in [-0.25, -0.2) is 4.98 Å². The van der Waals surface area contributed by atoms with Gasteiger partial charge in [-0.1, -0.05) is 13.3 Å². The van der Waals surface area contributed by atoms with Crippen molar-refractivity contribution in [2.24, 2.45) is 24.3 Å². The van der Waals surface area contributed by atoms with E-state index >= 15 is 0 Å². The minimum atomic E-state index is -1.26. The predicted molar refractivity (Wildman–Crippen MR) is 165 cm³/mol. The molecular weight excluding hydrogens is 578 g/mol. The average molecular weight is 622 g/mol. The Kier molecular flexibility index (Phi) is 9.26. The first-order valence-electron chi connectivity index (χ1n) is 15.9. The summed E-state index contributed by atoms with van der Waals surface area (Å²) < 4.78 is 2.72. The number of nitrogens with zero attached hydrogens (tertiary/aromatic N) is 3. The highest BCUT2D eigenvalue weighted by atomic mass is 16.2. The Bertz CT molecular complexity index is 1530. The van der Waals surface area contributed by atoms with Crippen LogP contribution in [0.2, 0.25) is 0 Å². The molecule has 2 unspecified atom stereocenters. The molecule has 45 heavy (non-hydrogen) atoms. The van der Waals surface area contributed by atoms with E-state index in [0.717, 1.165) is 25.7 Å². The van der Waals surface area contributed by atoms with Crippen LogP contribution in [0.5, 0.6) is 0 Å². The molecular formula is C32H43N7O6. The predicted octanol–water partition coefficient (Wildman–Crippen LogP) is 1.67. The van der Waals surface area contributed by atoms with E-state index in [9.17, 15) is 28.8 Å². The first-order valence-corrected chi connectivity index (χ1v) is 15.9. The van der Waals surface area contributed by atoms with Gasteiger partial charge in [0.25, 0.3) is 17.4 Å². The molecule has 0 aromatic carbocycles. The van der Waals surface area contributed by atoms with Gasteiger partial charge in [0.2, 0.25) is 17.6 Å². The Morgan fingerprint density at radius 2 is 1.80 bits per heavy atom. The molecule has 13 nitrogen and oxygen atoms in total. The van der Waals surface area contributed by atoms with Crippen molar-refractivity contribution in [3.8, 4) is 0 Å². The van der Waals surface area contributed by atoms with Crippen molar-refractivity contribution in [2.45, 2.75) is 89.8 Å². The average Bonchev–Trinajstić information content (AvgIpc) is 3.42. The Morgan fingerprint density at radius 3 is 2.44 bits per heavy atom. The Morgan fingerprint density at radius 1 is 1.07 bits per heavy atom. The highest BCUT2D eigenvalue weighted by Gasteiger charge is 2.57. The van der Waals surface area contributed by atoms with Crippen LogP contribution in [-0.2, 0) is 32.8 Å². The van der Waals surface area contributed by atoms with Gasteiger partial charge in [0, 0.05) is 44.1 Å². The second-order valence-electron chi connectivity index (χ2n) is 13.2. The molecule has 0 aliphatic heterocycles. The number of hydrogen-bond donors (Lipinski definition) is 4. The number of anilines is 1. The molecule has 0 radical (unpaired) electrons. The summed E-state index contributed by atoms with van der Waals surface area (Å²) in [4.78, 5) is 81.1. The largest absolute Gasteiger partial charge is 0.350 e. The zero-order chi connectivity index (χ0) is 32.4. The lowest BCUT2D eigenvalue weighted by atomic mass is 9.46. The lowest BCUT2D eigenvalue weighted by molar-refractivity contribution is -0.138. The van der Waals surface area contributed by atoms with E-state index in [2.05, 4.69) is 33.2 Å². The summed E-state index contributed by atoms with van der Waals surface area (Å²) >= 11 is 0. The van der Waals surface area contributed by atoms with Crippen molar-refractivity contribution in [2.75, 3.05) is 11.9 Å². The number of nitrogens with one attached hydrogen (secondary N) is 4. The van der Waals surface area contributed by atoms with Gasteiger partial charge < -0.3 is 30.4 Å². The number of aryl methyl sites for hydroxylation is 1. The fourth-order valence-corrected chi connectivity index (χ4v) is 8.20. The van der Waals surface area contributed by atoms with Gasteiger partial charge in [0.15, 0.2) is 5.82 Å². The number of rotatable bonds is 13. The number of imidazole rings is 1. The van der Waals surface area contributed by atoms with E-state index in [-0.39, 0.29) is 48.9 Å². The van der Waals surface area contributed by atoms with Gasteiger partial charge in [0.05, 0.1) is 0 Å². The first kappa shape index (κ1) is 32.1. The van der Waals surface area contributed by atoms with E-state index in [1.54, 1.807) is 26.2 Å². The summed E-state index contributed by atoms with van der Waals surface area (Å²) in [5.41, 5.74) is -0.590. The Hall–Kier alpha value is -4.29. The number of hydrogen-bond acceptors (Lipinski definition) is 7. The molecule has 4 saturated carbocycles. The topological polar surface area (TPSA) is 173 Å². The van der Waals surface area contributed by atoms with Gasteiger partial charge >= 0.3 is 0 Å². The number of carbonyl (C=O) groups is 5. The van der Waals surface area contributed by atoms with Gasteiger partial charge in [-0.2, -0.15) is 0 Å². The highest BCUT2D eigenvalue weighted by Crippen LogP contribution is 2.62. The van der Waals surface area contributed by atoms with Crippen LogP contribution < -0.4 is 26.8 Å². The number of amides is 4. The van der Waals surface area contributed by atoms with Crippen LogP contribution in [0.25, 0.3) is 0 Å². The SMILES string of the molecule is CCNC(=O)C(=O)CC[C@H](NC(=O)c1nccn1C)C(=O)Nc1cccn(CC(=O)NC23CC4CC(CC(CC)(C4)C2)C3)c1=O. The maximum Gasteiger partial charge on any atom is 0.287 e. The van der Waals surface area contributed by atoms with Crippen LogP contribution in [0, 0.1) is 17.3 Å². The van der Waals surface area contributed by atoms with E-state index in [1.807, 2.05) is 0 Å². The maximum atomic E-state index is 13.4. The maximum absolute atomic E-state index is 13.4. The van der Waals surface area contributed by atoms with Crippen LogP contribution in [0.15, 0.2) is 35.5 Å². The molecule has 4 aliphatic rings. The molecule has 0 spiro atoms. The van der Waals surface area contributed by atoms with Crippen LogP contribution in [0.1, 0.15) is 82.3 Å². The quantitative estimate of drug-likeness (QED) is 0.246. The number of ketones is 1. The van der Waals surface area contributed by atoms with Crippen molar-refractivity contribution < 1.29 is 24.0 Å². The number of carbonyl (C=O) groups excluding carboxylic acids is 5. The molecule has 2 aromatic rings. The Labute approximate surface area is 261 Å². The summed E-state index contributed by atoms with van der Waals surface area (Å²) in [7, 11) is 1.61. The van der Waals surface area contributed by atoms with Crippen molar-refractivity contribution in [1.82, 2.24) is 30.1 Å². The lowest BCUT2D eigenvalue weighted by Crippen LogP contribution is -2.63. The number of pyridine rings is 1. The van der Waals surface area contributed by atoms with Gasteiger partial charge in [0.1, 0.15) is 18.3 Å². The second kappa shape index (κ2) is 13.0. The minimum absolute atomic E-state index is 0.0415. The Balaban J connectivity index is 1.26. The summed E-state index contributed by atoms with van der Waals surface area (Å²) in [6.07, 6.45) is 11.8. The number of aromatic nitrogens is 3. The molecule has 2 heterocycles. The van der Waals surface area contributed by atoms with Crippen molar-refractivity contribution in [1.29, 1.82) is 0 Å². The van der Waals surface area contributed by atoms with Crippen molar-refractivity contribution in [3.63, 3.8) is 0 Å². The number of Topliss-reactive ketones (excluding diaryl/α,β-unsaturated/α-hetero) is 1. The van der Waals surface area contributed by atoms with E-state index in [1.165, 1.54) is 46.9 Å². The zero-order valence-electron chi connectivity index (χ0n) is 26.2. The summed E-state index contributed by atoms with van der Waals surface area (Å²) in [5, 5.41) is 10.8. The molecule has 3 atom stereocenters. The van der Waals surface area contributed by atoms with Crippen LogP contribution in [0.4, 0.5) is 5.69 Å². The molecule has 0 saturated heterocycles. The van der Waals surface area contributed by atoms with Crippen molar-refractivity contribution >= 4 is 35.1 Å². The molecule has 4 N–H and O–H groups in total. The van der Waals surface area contributed by atoms with E-state index < -0.39 is 35.1 Å². The van der Waals surface area contributed by atoms with Gasteiger partial charge in [-0.3, -0.25) is 28.8 Å². The third-order valence-electron chi connectivity index (χ3n) is 9.83. The van der Waals surface area contributed by atoms with E-state index in [4.69, 9.17) is 0 Å². The second-order valence-corrected chi connectivity index (χ2v) is 13.2. The molecule has 2 aromatic heterocycles.